The zero-order chi connectivity index (χ0) is 44.9. The van der Waals surface area contributed by atoms with Crippen LogP contribution in [0.3, 0.4) is 0 Å². The summed E-state index contributed by atoms with van der Waals surface area (Å²) in [6, 6.07) is -9.75. The van der Waals surface area contributed by atoms with Crippen LogP contribution in [0.4, 0.5) is 0 Å². The Morgan fingerprint density at radius 1 is 0.586 bits per heavy atom. The summed E-state index contributed by atoms with van der Waals surface area (Å²) in [6.07, 6.45) is -2.88. The third-order valence-electron chi connectivity index (χ3n) is 8.77. The van der Waals surface area contributed by atoms with Crippen LogP contribution in [0.15, 0.2) is 0 Å². The molecule has 23 heteroatoms. The van der Waals surface area contributed by atoms with E-state index < -0.39 is 115 Å². The molecule has 0 saturated carbocycles. The van der Waals surface area contributed by atoms with Gasteiger partial charge in [-0.2, -0.15) is 0 Å². The maximum Gasteiger partial charge on any atom is 0.325 e. The lowest BCUT2D eigenvalue weighted by molar-refractivity contribution is -0.142. The summed E-state index contributed by atoms with van der Waals surface area (Å²) < 4.78 is 0. The average Bonchev–Trinajstić information content (AvgIpc) is 3.12. The molecule has 0 heterocycles. The van der Waals surface area contributed by atoms with Crippen molar-refractivity contribution in [3.05, 3.63) is 0 Å². The SMILES string of the molecule is C[C@H](N)C(=O)N[C@@H](CCCNC(N)N(C)C)C(=O)N[C@H](C(=O)N[C@@H](CCCCN(C)C)C(=O)N[C@@H](CCC(N)=O)C(=O)N[C@H](C(=O)N[C@@H](C)C(=O)O)[C@@H](C)O)[C@@H](C)O. The summed E-state index contributed by atoms with van der Waals surface area (Å²) in [7, 11) is 7.21. The van der Waals surface area contributed by atoms with E-state index in [1.165, 1.54) is 20.8 Å². The third-order valence-corrected chi connectivity index (χ3v) is 8.77. The van der Waals surface area contributed by atoms with E-state index in [0.29, 0.717) is 32.4 Å². The minimum Gasteiger partial charge on any atom is -0.480 e. The lowest BCUT2D eigenvalue weighted by Gasteiger charge is -2.29. The van der Waals surface area contributed by atoms with E-state index in [0.717, 1.165) is 6.92 Å². The van der Waals surface area contributed by atoms with E-state index in [-0.39, 0.29) is 19.3 Å². The molecule has 10 atom stereocenters. The number of carbonyl (C=O) groups excluding carboxylic acids is 7. The van der Waals surface area contributed by atoms with Gasteiger partial charge in [-0.1, -0.05) is 0 Å². The summed E-state index contributed by atoms with van der Waals surface area (Å²) >= 11 is 0. The molecule has 0 fully saturated rings. The number of nitrogens with zero attached hydrogens (tertiary/aromatic N) is 2. The average molecular weight is 833 g/mol. The summed E-state index contributed by atoms with van der Waals surface area (Å²) in [5.74, 6) is -7.66. The fraction of sp³-hybridized carbons (Fsp3) is 0.771. The molecule has 0 saturated heterocycles. The number of nitrogens with one attached hydrogen (secondary N) is 7. The maximum atomic E-state index is 13.8. The van der Waals surface area contributed by atoms with Crippen molar-refractivity contribution in [3.63, 3.8) is 0 Å². The van der Waals surface area contributed by atoms with Gasteiger partial charge in [0.2, 0.25) is 41.4 Å². The van der Waals surface area contributed by atoms with Gasteiger partial charge in [-0.25, -0.2) is 0 Å². The predicted molar refractivity (Wildman–Crippen MR) is 212 cm³/mol. The van der Waals surface area contributed by atoms with Gasteiger partial charge in [0, 0.05) is 6.42 Å². The van der Waals surface area contributed by atoms with Crippen molar-refractivity contribution < 1.29 is 53.7 Å². The molecule has 334 valence electrons. The number of carboxylic acids is 1. The van der Waals surface area contributed by atoms with Gasteiger partial charge in [0.1, 0.15) is 42.5 Å². The smallest absolute Gasteiger partial charge is 0.325 e. The fourth-order valence-electron chi connectivity index (χ4n) is 5.13. The number of rotatable bonds is 29. The van der Waals surface area contributed by atoms with Crippen LogP contribution in [0, 0.1) is 0 Å². The molecule has 0 aromatic heterocycles. The van der Waals surface area contributed by atoms with Crippen LogP contribution >= 0.6 is 0 Å². The van der Waals surface area contributed by atoms with E-state index in [4.69, 9.17) is 22.3 Å². The second kappa shape index (κ2) is 27.2. The molecule has 0 aliphatic carbocycles. The molecule has 1 unspecified atom stereocenters. The van der Waals surface area contributed by atoms with Crippen LogP contribution in [0.25, 0.3) is 0 Å². The Morgan fingerprint density at radius 3 is 1.45 bits per heavy atom. The number of hydrogen-bond acceptors (Lipinski definition) is 15. The van der Waals surface area contributed by atoms with Crippen molar-refractivity contribution in [3.8, 4) is 0 Å². The van der Waals surface area contributed by atoms with E-state index in [1.54, 1.807) is 19.0 Å². The first kappa shape index (κ1) is 53.5. The van der Waals surface area contributed by atoms with Crippen molar-refractivity contribution in [1.29, 1.82) is 0 Å². The minimum atomic E-state index is -1.67. The van der Waals surface area contributed by atoms with Crippen molar-refractivity contribution in [2.24, 2.45) is 17.2 Å². The molecule has 58 heavy (non-hydrogen) atoms. The molecule has 0 aliphatic heterocycles. The highest BCUT2D eigenvalue weighted by Gasteiger charge is 2.35. The van der Waals surface area contributed by atoms with Crippen LogP contribution in [0.1, 0.15) is 72.6 Å². The molecule has 7 amide bonds. The monoisotopic (exact) mass is 833 g/mol. The zero-order valence-electron chi connectivity index (χ0n) is 34.9. The number of carbonyl (C=O) groups is 8. The first-order valence-corrected chi connectivity index (χ1v) is 19.1. The number of aliphatic hydroxyl groups excluding tert-OH is 2. The van der Waals surface area contributed by atoms with Gasteiger partial charge in [-0.15, -0.1) is 0 Å². The Hall–Kier alpha value is -4.52. The van der Waals surface area contributed by atoms with Gasteiger partial charge >= 0.3 is 5.97 Å². The minimum absolute atomic E-state index is 0.0109. The lowest BCUT2D eigenvalue weighted by Crippen LogP contribution is -2.62. The highest BCUT2D eigenvalue weighted by atomic mass is 16.4. The quantitative estimate of drug-likeness (QED) is 0.0247. The molecule has 16 N–H and O–H groups in total. The molecule has 0 aliphatic rings. The largest absolute Gasteiger partial charge is 0.480 e. The summed E-state index contributed by atoms with van der Waals surface area (Å²) in [6.45, 7) is 5.96. The Balaban J connectivity index is 6.38. The summed E-state index contributed by atoms with van der Waals surface area (Å²) in [5, 5.41) is 47.5. The Labute approximate surface area is 339 Å². The number of unbranched alkanes of at least 4 members (excludes halogenated alkanes) is 1. The van der Waals surface area contributed by atoms with Gasteiger partial charge in [0.15, 0.2) is 0 Å². The molecule has 0 spiro atoms. The summed E-state index contributed by atoms with van der Waals surface area (Å²) in [4.78, 5) is 106. The highest BCUT2D eigenvalue weighted by Crippen LogP contribution is 2.09. The summed E-state index contributed by atoms with van der Waals surface area (Å²) in [5.41, 5.74) is 17.0. The number of aliphatic carboxylic acids is 1. The van der Waals surface area contributed by atoms with Crippen LogP contribution in [-0.2, 0) is 38.4 Å². The zero-order valence-corrected chi connectivity index (χ0v) is 34.9. The van der Waals surface area contributed by atoms with Gasteiger partial charge in [0.05, 0.1) is 18.2 Å². The lowest BCUT2D eigenvalue weighted by atomic mass is 10.0. The maximum absolute atomic E-state index is 13.8. The van der Waals surface area contributed by atoms with Crippen LogP contribution < -0.4 is 54.4 Å². The molecule has 0 rings (SSSR count). The van der Waals surface area contributed by atoms with Gasteiger partial charge in [-0.05, 0) is 108 Å². The van der Waals surface area contributed by atoms with Crippen molar-refractivity contribution in [2.45, 2.75) is 133 Å². The first-order valence-electron chi connectivity index (χ1n) is 19.1. The number of primary amides is 1. The van der Waals surface area contributed by atoms with E-state index in [2.05, 4.69) is 37.2 Å². The van der Waals surface area contributed by atoms with E-state index in [1.807, 2.05) is 19.0 Å². The number of carboxylic acid groups (broad SMARTS) is 1. The standard InChI is InChI=1S/C35H68N12O11/c1-18(36)28(51)41-23(13-11-16-39-35(38)47(7)8)30(53)45-27(21(4)49)33(56)43-22(12-9-10-17-46(5)6)29(52)42-24(14-15-25(37)50)31(54)44-26(20(3)48)32(55)40-19(2)34(57)58/h18-24,26-27,35,39,48-49H,9-17,36,38H2,1-8H3,(H2,37,50)(H,40,55)(H,41,51)(H,42,52)(H,43,56)(H,44,54)(H,45,53)(H,57,58)/t18-,19-,20+,21+,22-,23-,24-,26-,27-,35?/m0/s1. The number of aliphatic hydroxyl groups is 2. The Morgan fingerprint density at radius 2 is 1.02 bits per heavy atom. The number of nitrogens with two attached hydrogens (primary N) is 3. The molecule has 0 aromatic rings. The molecule has 23 nitrogen and oxygen atoms in total. The van der Waals surface area contributed by atoms with Crippen molar-refractivity contribution in [2.75, 3.05) is 41.3 Å². The van der Waals surface area contributed by atoms with Crippen LogP contribution in [-0.4, -0.2) is 175 Å². The van der Waals surface area contributed by atoms with E-state index >= 15 is 0 Å². The van der Waals surface area contributed by atoms with Crippen LogP contribution in [0.2, 0.25) is 0 Å². The molecule has 0 bridgehead atoms. The fourth-order valence-corrected chi connectivity index (χ4v) is 5.13. The molecular formula is C35H68N12O11. The Kier molecular flexibility index (Phi) is 25.1. The number of amides is 7. The normalized spacial score (nSPS) is 16.6. The topological polar surface area (TPSA) is 366 Å². The first-order chi connectivity index (χ1) is 26.9. The van der Waals surface area contributed by atoms with Gasteiger partial charge < -0.3 is 69.3 Å². The van der Waals surface area contributed by atoms with Crippen LogP contribution in [0.5, 0.6) is 0 Å². The van der Waals surface area contributed by atoms with E-state index in [9.17, 15) is 48.6 Å². The molecule has 0 radical (unpaired) electrons. The van der Waals surface area contributed by atoms with Crippen molar-refractivity contribution >= 4 is 47.3 Å². The van der Waals surface area contributed by atoms with Crippen molar-refractivity contribution in [1.82, 2.24) is 47.0 Å². The Bertz CT molecular complexity index is 1370. The van der Waals surface area contributed by atoms with Gasteiger partial charge in [0.25, 0.3) is 0 Å². The van der Waals surface area contributed by atoms with Gasteiger partial charge in [-0.3, -0.25) is 48.6 Å². The highest BCUT2D eigenvalue weighted by molar-refractivity contribution is 5.97. The molecular weight excluding hydrogens is 764 g/mol. The second-order valence-corrected chi connectivity index (χ2v) is 14.8. The molecule has 0 aromatic carbocycles. The predicted octanol–water partition coefficient (Wildman–Crippen LogP) is -5.72. The second-order valence-electron chi connectivity index (χ2n) is 14.8. The number of hydrogen-bond donors (Lipinski definition) is 13. The third kappa shape index (κ3) is 21.3.